The van der Waals surface area contributed by atoms with E-state index >= 15 is 0 Å². The maximum absolute atomic E-state index is 9.92. The van der Waals surface area contributed by atoms with Crippen LogP contribution < -0.4 is 0 Å². The Balaban J connectivity index is 2.16. The quantitative estimate of drug-likeness (QED) is 0.732. The van der Waals surface area contributed by atoms with E-state index in [4.69, 9.17) is 0 Å². The summed E-state index contributed by atoms with van der Waals surface area (Å²) in [5.74, 6) is 0.493. The predicted octanol–water partition coefficient (Wildman–Crippen LogP) is 2.18. The van der Waals surface area contributed by atoms with Gasteiger partial charge < -0.3 is 4.57 Å². The first kappa shape index (κ1) is 13.0. The van der Waals surface area contributed by atoms with Gasteiger partial charge in [0.1, 0.15) is 0 Å². The van der Waals surface area contributed by atoms with Crippen molar-refractivity contribution in [2.45, 2.75) is 12.0 Å². The van der Waals surface area contributed by atoms with Crippen molar-refractivity contribution in [2.24, 2.45) is 0 Å². The minimum absolute atomic E-state index is 0.414. The second-order valence-corrected chi connectivity index (χ2v) is 4.69. The fraction of sp³-hybridized carbons (Fsp3) is 0.125. The normalized spacial score (nSPS) is 13.3. The molecule has 0 saturated heterocycles. The van der Waals surface area contributed by atoms with Gasteiger partial charge in [-0.15, -0.1) is 0 Å². The van der Waals surface area contributed by atoms with Crippen molar-refractivity contribution in [3.63, 3.8) is 0 Å². The highest BCUT2D eigenvalue weighted by molar-refractivity contribution is 5.40. The molecule has 3 rings (SSSR count). The van der Waals surface area contributed by atoms with Crippen LogP contribution in [0.3, 0.4) is 0 Å². The van der Waals surface area contributed by atoms with E-state index < -0.39 is 5.41 Å². The smallest absolute Gasteiger partial charge is 0.159 e. The lowest BCUT2D eigenvalue weighted by Crippen LogP contribution is -2.33. The third-order valence-corrected chi connectivity index (χ3v) is 3.38. The Morgan fingerprint density at radius 1 is 1.05 bits per heavy atom. The Bertz CT molecular complexity index is 690. The molecule has 0 N–H and O–H groups in total. The Labute approximate surface area is 122 Å². The molecule has 0 saturated carbocycles. The molecule has 102 valence electrons. The van der Waals surface area contributed by atoms with E-state index in [0.717, 1.165) is 5.56 Å². The molecule has 0 radical (unpaired) electrons. The lowest BCUT2D eigenvalue weighted by molar-refractivity contribution is 0.501. The standard InChI is InChI=1S/C16H13N5/c17-11-16(12-21-10-9-18-13-21,14-5-2-1-3-6-14)15-19-7-4-8-20-15/h1-10,13H,12H2. The van der Waals surface area contributed by atoms with Crippen LogP contribution >= 0.6 is 0 Å². The molecule has 0 bridgehead atoms. The number of benzene rings is 1. The summed E-state index contributed by atoms with van der Waals surface area (Å²) < 4.78 is 1.87. The summed E-state index contributed by atoms with van der Waals surface area (Å²) in [7, 11) is 0. The highest BCUT2D eigenvalue weighted by Crippen LogP contribution is 2.31. The van der Waals surface area contributed by atoms with Crippen LogP contribution in [0.4, 0.5) is 0 Å². The SMILES string of the molecule is N#CC(Cn1ccnc1)(c1ccccc1)c1ncccn1. The maximum Gasteiger partial charge on any atom is 0.159 e. The molecule has 0 amide bonds. The highest BCUT2D eigenvalue weighted by atomic mass is 15.0. The summed E-state index contributed by atoms with van der Waals surface area (Å²) in [6.45, 7) is 0.414. The summed E-state index contributed by atoms with van der Waals surface area (Å²) in [5, 5.41) is 9.92. The second-order valence-electron chi connectivity index (χ2n) is 4.69. The van der Waals surface area contributed by atoms with Gasteiger partial charge in [0.05, 0.1) is 18.9 Å². The van der Waals surface area contributed by atoms with E-state index in [1.165, 1.54) is 0 Å². The summed E-state index contributed by atoms with van der Waals surface area (Å²) >= 11 is 0. The van der Waals surface area contributed by atoms with Gasteiger partial charge in [0.2, 0.25) is 0 Å². The van der Waals surface area contributed by atoms with Crippen LogP contribution in [0.15, 0.2) is 67.5 Å². The van der Waals surface area contributed by atoms with Gasteiger partial charge in [0, 0.05) is 24.8 Å². The summed E-state index contributed by atoms with van der Waals surface area (Å²) in [6.07, 6.45) is 8.53. The van der Waals surface area contributed by atoms with Crippen LogP contribution in [0.5, 0.6) is 0 Å². The van der Waals surface area contributed by atoms with Gasteiger partial charge in [0.25, 0.3) is 0 Å². The summed E-state index contributed by atoms with van der Waals surface area (Å²) in [6, 6.07) is 13.8. The maximum atomic E-state index is 9.92. The average molecular weight is 275 g/mol. The van der Waals surface area contributed by atoms with Crippen molar-refractivity contribution in [1.29, 1.82) is 5.26 Å². The number of hydrogen-bond acceptors (Lipinski definition) is 4. The Morgan fingerprint density at radius 3 is 2.43 bits per heavy atom. The Morgan fingerprint density at radius 2 is 1.81 bits per heavy atom. The fourth-order valence-electron chi connectivity index (χ4n) is 2.34. The molecule has 1 aromatic carbocycles. The molecule has 1 atom stereocenters. The van der Waals surface area contributed by atoms with Crippen molar-refractivity contribution in [3.8, 4) is 6.07 Å². The van der Waals surface area contributed by atoms with E-state index in [2.05, 4.69) is 21.0 Å². The van der Waals surface area contributed by atoms with E-state index in [-0.39, 0.29) is 0 Å². The molecule has 21 heavy (non-hydrogen) atoms. The molecule has 5 heteroatoms. The van der Waals surface area contributed by atoms with Crippen molar-refractivity contribution >= 4 is 0 Å². The fourth-order valence-corrected chi connectivity index (χ4v) is 2.34. The first-order valence-corrected chi connectivity index (χ1v) is 6.55. The lowest BCUT2D eigenvalue weighted by Gasteiger charge is -2.25. The first-order chi connectivity index (χ1) is 10.3. The van der Waals surface area contributed by atoms with Gasteiger partial charge in [-0.05, 0) is 11.6 Å². The number of nitriles is 1. The molecule has 0 aliphatic rings. The van der Waals surface area contributed by atoms with Gasteiger partial charge >= 0.3 is 0 Å². The minimum Gasteiger partial charge on any atom is -0.335 e. The van der Waals surface area contributed by atoms with E-state index in [1.807, 2.05) is 41.1 Å². The first-order valence-electron chi connectivity index (χ1n) is 6.55. The van der Waals surface area contributed by atoms with Crippen LogP contribution in [0.1, 0.15) is 11.4 Å². The number of nitrogens with zero attached hydrogens (tertiary/aromatic N) is 5. The van der Waals surface area contributed by atoms with Crippen LogP contribution in [0.2, 0.25) is 0 Å². The molecule has 0 aliphatic heterocycles. The Kier molecular flexibility index (Phi) is 3.44. The number of rotatable bonds is 4. The van der Waals surface area contributed by atoms with Gasteiger partial charge in [-0.2, -0.15) is 5.26 Å². The number of aromatic nitrogens is 4. The van der Waals surface area contributed by atoms with Gasteiger partial charge in [-0.1, -0.05) is 30.3 Å². The topological polar surface area (TPSA) is 67.4 Å². The molecule has 2 aromatic heterocycles. The number of hydrogen-bond donors (Lipinski definition) is 0. The van der Waals surface area contributed by atoms with Crippen LogP contribution in [0.25, 0.3) is 0 Å². The van der Waals surface area contributed by atoms with Gasteiger partial charge in [0.15, 0.2) is 11.2 Å². The zero-order chi connectivity index (χ0) is 14.5. The molecule has 1 unspecified atom stereocenters. The monoisotopic (exact) mass is 275 g/mol. The zero-order valence-electron chi connectivity index (χ0n) is 11.3. The average Bonchev–Trinajstić information content (AvgIpc) is 3.07. The lowest BCUT2D eigenvalue weighted by atomic mass is 9.80. The molecule has 0 spiro atoms. The van der Waals surface area contributed by atoms with E-state index in [0.29, 0.717) is 12.4 Å². The molecular formula is C16H13N5. The summed E-state index contributed by atoms with van der Waals surface area (Å²) in [4.78, 5) is 12.7. The third kappa shape index (κ3) is 2.39. The van der Waals surface area contributed by atoms with Gasteiger partial charge in [-0.25, -0.2) is 15.0 Å². The van der Waals surface area contributed by atoms with Crippen molar-refractivity contribution in [2.75, 3.05) is 0 Å². The number of imidazole rings is 1. The second kappa shape index (κ2) is 5.55. The van der Waals surface area contributed by atoms with Crippen LogP contribution in [-0.4, -0.2) is 19.5 Å². The van der Waals surface area contributed by atoms with Crippen molar-refractivity contribution in [1.82, 2.24) is 19.5 Å². The van der Waals surface area contributed by atoms with Crippen molar-refractivity contribution in [3.05, 3.63) is 78.9 Å². The van der Waals surface area contributed by atoms with Gasteiger partial charge in [-0.3, -0.25) is 0 Å². The van der Waals surface area contributed by atoms with Crippen molar-refractivity contribution < 1.29 is 0 Å². The zero-order valence-corrected chi connectivity index (χ0v) is 11.3. The molecule has 0 aliphatic carbocycles. The van der Waals surface area contributed by atoms with E-state index in [9.17, 15) is 5.26 Å². The van der Waals surface area contributed by atoms with Crippen LogP contribution in [0, 0.1) is 11.3 Å². The Hall–Kier alpha value is -3.00. The predicted molar refractivity (Wildman–Crippen MR) is 77.1 cm³/mol. The largest absolute Gasteiger partial charge is 0.335 e. The van der Waals surface area contributed by atoms with E-state index in [1.54, 1.807) is 31.0 Å². The highest BCUT2D eigenvalue weighted by Gasteiger charge is 2.38. The van der Waals surface area contributed by atoms with Crippen LogP contribution in [-0.2, 0) is 12.0 Å². The molecule has 5 nitrogen and oxygen atoms in total. The molecule has 0 fully saturated rings. The minimum atomic E-state index is -0.941. The molecule has 3 aromatic rings. The third-order valence-electron chi connectivity index (χ3n) is 3.38. The summed E-state index contributed by atoms with van der Waals surface area (Å²) in [5.41, 5.74) is -0.0733. The molecular weight excluding hydrogens is 262 g/mol. The molecule has 2 heterocycles.